The average molecular weight is 398 g/mol. The fourth-order valence-corrected chi connectivity index (χ4v) is 3.64. The molecule has 4 rings (SSSR count). The third-order valence-electron chi connectivity index (χ3n) is 4.06. The molecule has 0 aliphatic carbocycles. The summed E-state index contributed by atoms with van der Waals surface area (Å²) in [6, 6.07) is 8.69. The second kappa shape index (κ2) is 7.77. The van der Waals surface area contributed by atoms with E-state index in [1.807, 2.05) is 12.1 Å². The van der Waals surface area contributed by atoms with Crippen molar-refractivity contribution in [2.24, 2.45) is 0 Å². The number of thiazole rings is 1. The average Bonchev–Trinajstić information content (AvgIpc) is 3.11. The number of hydrogen-bond acceptors (Lipinski definition) is 7. The summed E-state index contributed by atoms with van der Waals surface area (Å²) in [6.07, 6.45) is 1.64. The van der Waals surface area contributed by atoms with Gasteiger partial charge in [-0.1, -0.05) is 24.0 Å². The molecule has 0 unspecified atom stereocenters. The minimum Gasteiger partial charge on any atom is -0.493 e. The van der Waals surface area contributed by atoms with Gasteiger partial charge in [-0.05, 0) is 18.2 Å². The van der Waals surface area contributed by atoms with Crippen LogP contribution >= 0.6 is 11.3 Å². The molecule has 0 bridgehead atoms. The first-order valence-electron chi connectivity index (χ1n) is 8.61. The Kier molecular flexibility index (Phi) is 5.03. The number of hydrogen-bond donors (Lipinski definition) is 1. The van der Waals surface area contributed by atoms with E-state index in [0.717, 1.165) is 10.2 Å². The molecule has 8 heteroatoms. The molecule has 0 atom stereocenters. The highest BCUT2D eigenvalue weighted by molar-refractivity contribution is 7.22. The topological polar surface area (TPSA) is 78.9 Å². The van der Waals surface area contributed by atoms with Crippen molar-refractivity contribution in [2.75, 3.05) is 32.2 Å². The number of carbonyl (C=O) groups excluding carboxylic acids is 1. The molecule has 1 amide bonds. The highest BCUT2D eigenvalue weighted by Crippen LogP contribution is 2.38. The summed E-state index contributed by atoms with van der Waals surface area (Å²) in [5.41, 5.74) is 1.18. The maximum absolute atomic E-state index is 12.6. The van der Waals surface area contributed by atoms with Crippen LogP contribution in [0.25, 0.3) is 10.2 Å². The molecule has 3 aromatic rings. The smallest absolute Gasteiger partial charge is 0.257 e. The Hall–Kier alpha value is -3.26. The maximum Gasteiger partial charge on any atom is 0.257 e. The molecule has 2 aromatic carbocycles. The monoisotopic (exact) mass is 398 g/mol. The zero-order valence-electron chi connectivity index (χ0n) is 15.2. The van der Waals surface area contributed by atoms with E-state index in [-0.39, 0.29) is 5.91 Å². The number of benzene rings is 2. The van der Waals surface area contributed by atoms with Gasteiger partial charge >= 0.3 is 0 Å². The SMILES string of the molecule is C=CCOc1ccc(C(=O)Nc2nc3cc4c(cc3s2)OCCO4)cc1OC. The second-order valence-corrected chi connectivity index (χ2v) is 6.93. The minimum absolute atomic E-state index is 0.287. The van der Waals surface area contributed by atoms with E-state index in [2.05, 4.69) is 16.9 Å². The zero-order valence-corrected chi connectivity index (χ0v) is 16.0. The van der Waals surface area contributed by atoms with Crippen molar-refractivity contribution in [3.05, 3.63) is 48.6 Å². The summed E-state index contributed by atoms with van der Waals surface area (Å²) in [4.78, 5) is 17.1. The van der Waals surface area contributed by atoms with Gasteiger partial charge in [-0.3, -0.25) is 10.1 Å². The standard InChI is InChI=1S/C20H18N2O5S/c1-3-6-25-14-5-4-12(9-15(14)24-2)19(23)22-20-21-13-10-16-17(11-18(13)28-20)27-8-7-26-16/h3-5,9-11H,1,6-8H2,2H3,(H,21,22,23). The molecule has 1 aliphatic rings. The van der Waals surface area contributed by atoms with Crippen molar-refractivity contribution in [1.82, 2.24) is 4.98 Å². The van der Waals surface area contributed by atoms with E-state index in [0.29, 0.717) is 53.5 Å². The number of rotatable bonds is 6. The number of fused-ring (bicyclic) bond motifs is 2. The van der Waals surface area contributed by atoms with E-state index in [9.17, 15) is 4.79 Å². The van der Waals surface area contributed by atoms with Crippen LogP contribution in [-0.4, -0.2) is 37.8 Å². The quantitative estimate of drug-likeness (QED) is 0.635. The molecular weight excluding hydrogens is 380 g/mol. The van der Waals surface area contributed by atoms with Gasteiger partial charge in [0.1, 0.15) is 19.8 Å². The first kappa shape index (κ1) is 18.1. The number of ether oxygens (including phenoxy) is 4. The fourth-order valence-electron chi connectivity index (χ4n) is 2.76. The van der Waals surface area contributed by atoms with Gasteiger partial charge in [-0.15, -0.1) is 0 Å². The first-order chi connectivity index (χ1) is 13.7. The first-order valence-corrected chi connectivity index (χ1v) is 9.43. The van der Waals surface area contributed by atoms with Crippen LogP contribution in [0, 0.1) is 0 Å². The molecular formula is C20H18N2O5S. The van der Waals surface area contributed by atoms with Gasteiger partial charge in [0, 0.05) is 17.7 Å². The molecule has 1 aliphatic heterocycles. The highest BCUT2D eigenvalue weighted by atomic mass is 32.1. The van der Waals surface area contributed by atoms with E-state index in [1.165, 1.54) is 18.4 Å². The molecule has 0 spiro atoms. The molecule has 144 valence electrons. The molecule has 0 saturated carbocycles. The number of amides is 1. The summed E-state index contributed by atoms with van der Waals surface area (Å²) in [5.74, 6) is 2.09. The van der Waals surface area contributed by atoms with Crippen LogP contribution in [0.3, 0.4) is 0 Å². The normalized spacial score (nSPS) is 12.5. The van der Waals surface area contributed by atoms with Gasteiger partial charge in [-0.25, -0.2) is 4.98 Å². The van der Waals surface area contributed by atoms with Crippen molar-refractivity contribution in [1.29, 1.82) is 0 Å². The van der Waals surface area contributed by atoms with Gasteiger partial charge in [0.05, 0.1) is 17.3 Å². The van der Waals surface area contributed by atoms with Crippen LogP contribution in [-0.2, 0) is 0 Å². The van der Waals surface area contributed by atoms with Crippen LogP contribution in [0.1, 0.15) is 10.4 Å². The van der Waals surface area contributed by atoms with Gasteiger partial charge in [0.25, 0.3) is 5.91 Å². The Bertz CT molecular complexity index is 1000. The number of anilines is 1. The molecule has 28 heavy (non-hydrogen) atoms. The summed E-state index contributed by atoms with van der Waals surface area (Å²) >= 11 is 1.37. The number of carbonyl (C=O) groups is 1. The van der Waals surface area contributed by atoms with Crippen LogP contribution < -0.4 is 24.3 Å². The highest BCUT2D eigenvalue weighted by Gasteiger charge is 2.17. The molecule has 0 radical (unpaired) electrons. The molecule has 2 heterocycles. The van der Waals surface area contributed by atoms with Crippen molar-refractivity contribution < 1.29 is 23.7 Å². The lowest BCUT2D eigenvalue weighted by molar-refractivity contribution is 0.102. The molecule has 1 aromatic heterocycles. The lowest BCUT2D eigenvalue weighted by Gasteiger charge is -2.17. The maximum atomic E-state index is 12.6. The molecule has 0 fully saturated rings. The Morgan fingerprint density at radius 2 is 2.04 bits per heavy atom. The molecule has 7 nitrogen and oxygen atoms in total. The predicted molar refractivity (Wildman–Crippen MR) is 107 cm³/mol. The van der Waals surface area contributed by atoms with Gasteiger partial charge in [0.2, 0.25) is 0 Å². The van der Waals surface area contributed by atoms with Crippen molar-refractivity contribution in [3.8, 4) is 23.0 Å². The Morgan fingerprint density at radius 3 is 2.79 bits per heavy atom. The molecule has 1 N–H and O–H groups in total. The summed E-state index contributed by atoms with van der Waals surface area (Å²) in [7, 11) is 1.53. The van der Waals surface area contributed by atoms with Gasteiger partial charge < -0.3 is 18.9 Å². The largest absolute Gasteiger partial charge is 0.493 e. The van der Waals surface area contributed by atoms with Gasteiger partial charge in [0.15, 0.2) is 28.1 Å². The number of aromatic nitrogens is 1. The Morgan fingerprint density at radius 1 is 1.25 bits per heavy atom. The minimum atomic E-state index is -0.287. The zero-order chi connectivity index (χ0) is 19.5. The third-order valence-corrected chi connectivity index (χ3v) is 4.99. The summed E-state index contributed by atoms with van der Waals surface area (Å²) in [6.45, 7) is 5.01. The molecule has 0 saturated heterocycles. The number of nitrogens with one attached hydrogen (secondary N) is 1. The third kappa shape index (κ3) is 3.59. The second-order valence-electron chi connectivity index (χ2n) is 5.90. The van der Waals surface area contributed by atoms with Crippen LogP contribution in [0.4, 0.5) is 5.13 Å². The van der Waals surface area contributed by atoms with Crippen LogP contribution in [0.2, 0.25) is 0 Å². The van der Waals surface area contributed by atoms with E-state index >= 15 is 0 Å². The van der Waals surface area contributed by atoms with E-state index in [1.54, 1.807) is 24.3 Å². The van der Waals surface area contributed by atoms with Gasteiger partial charge in [-0.2, -0.15) is 0 Å². The number of methoxy groups -OCH3 is 1. The van der Waals surface area contributed by atoms with E-state index in [4.69, 9.17) is 18.9 Å². The predicted octanol–water partition coefficient (Wildman–Crippen LogP) is 3.89. The Labute approximate surface area is 165 Å². The summed E-state index contributed by atoms with van der Waals surface area (Å²) < 4.78 is 22.9. The fraction of sp³-hybridized carbons (Fsp3) is 0.200. The van der Waals surface area contributed by atoms with Crippen LogP contribution in [0.5, 0.6) is 23.0 Å². The summed E-state index contributed by atoms with van der Waals surface area (Å²) in [5, 5.41) is 3.32. The Balaban J connectivity index is 1.55. The lowest BCUT2D eigenvalue weighted by atomic mass is 10.2. The van der Waals surface area contributed by atoms with E-state index < -0.39 is 0 Å². The van der Waals surface area contributed by atoms with Crippen molar-refractivity contribution in [3.63, 3.8) is 0 Å². The van der Waals surface area contributed by atoms with Crippen molar-refractivity contribution >= 4 is 32.6 Å². The van der Waals surface area contributed by atoms with Crippen LogP contribution in [0.15, 0.2) is 43.0 Å². The lowest BCUT2D eigenvalue weighted by Crippen LogP contribution is -2.15. The van der Waals surface area contributed by atoms with Crippen molar-refractivity contribution in [2.45, 2.75) is 0 Å². The number of nitrogens with zero attached hydrogens (tertiary/aromatic N) is 1.